The fraction of sp³-hybridized carbons (Fsp3) is 0.400. The van der Waals surface area contributed by atoms with E-state index in [1.165, 1.54) is 0 Å². The van der Waals surface area contributed by atoms with Gasteiger partial charge in [-0.3, -0.25) is 6.08 Å². The Bertz CT molecular complexity index is 25.1. The van der Waals surface area contributed by atoms with Crippen molar-refractivity contribution in [1.82, 2.24) is 0 Å². The molecule has 0 unspecified atom stereocenters. The first-order valence-corrected chi connectivity index (χ1v) is 1.74. The molecule has 32 valence electrons. The van der Waals surface area contributed by atoms with Gasteiger partial charge in [0.2, 0.25) is 0 Å². The van der Waals surface area contributed by atoms with Gasteiger partial charge in [0.15, 0.2) is 0 Å². The number of allylic oxidation sites excluding steroid dienone is 1. The van der Waals surface area contributed by atoms with E-state index in [-0.39, 0.29) is 31.1 Å². The molecule has 0 radical (unpaired) electrons. The van der Waals surface area contributed by atoms with E-state index in [9.17, 15) is 0 Å². The standard InChI is InChI=1S/C5H8.U/c1-3-5-4-2;/h1,3H,2,4-5H2;/q-2;+2. The quantitative estimate of drug-likeness (QED) is 0.680. The van der Waals surface area contributed by atoms with E-state index in [2.05, 4.69) is 6.92 Å². The predicted molar refractivity (Wildman–Crippen MR) is 23.5 cm³/mol. The molecule has 0 fully saturated rings. The Morgan fingerprint density at radius 3 is 2.17 bits per heavy atom. The summed E-state index contributed by atoms with van der Waals surface area (Å²) < 4.78 is 0. The van der Waals surface area contributed by atoms with Gasteiger partial charge < -0.3 is 13.5 Å². The second-order valence-electron chi connectivity index (χ2n) is 0.878. The van der Waals surface area contributed by atoms with Crippen LogP contribution in [0.2, 0.25) is 0 Å². The molecule has 0 amide bonds. The monoisotopic (exact) mass is 306 g/mol. The molecule has 0 aliphatic rings. The smallest absolute Gasteiger partial charge is 0.518 e. The molecule has 0 aromatic rings. The Kier molecular flexibility index (Phi) is 15.3. The maximum Gasteiger partial charge on any atom is 2.00 e. The summed E-state index contributed by atoms with van der Waals surface area (Å²) in [6, 6.07) is 0. The zero-order valence-electron chi connectivity index (χ0n) is 3.78. The van der Waals surface area contributed by atoms with E-state index in [0.717, 1.165) is 12.8 Å². The average Bonchev–Trinajstić information content (AvgIpc) is 1.41. The largest absolute Gasteiger partial charge is 2.00 e. The zero-order valence-corrected chi connectivity index (χ0v) is 7.94. The van der Waals surface area contributed by atoms with Crippen LogP contribution in [0.25, 0.3) is 0 Å². The van der Waals surface area contributed by atoms with E-state index in [1.54, 1.807) is 6.08 Å². The fourth-order valence-electron chi connectivity index (χ4n) is 0.118. The van der Waals surface area contributed by atoms with Crippen molar-refractivity contribution in [3.05, 3.63) is 19.6 Å². The third kappa shape index (κ3) is 8.84. The van der Waals surface area contributed by atoms with E-state index in [4.69, 9.17) is 6.58 Å². The minimum Gasteiger partial charge on any atom is -0.518 e. The summed E-state index contributed by atoms with van der Waals surface area (Å²) in [4.78, 5) is 0. The van der Waals surface area contributed by atoms with Crippen LogP contribution in [-0.4, -0.2) is 0 Å². The summed E-state index contributed by atoms with van der Waals surface area (Å²) in [5.41, 5.74) is 0. The predicted octanol–water partition coefficient (Wildman–Crippen LogP) is 1.59. The van der Waals surface area contributed by atoms with E-state index in [0.29, 0.717) is 0 Å². The van der Waals surface area contributed by atoms with Crippen LogP contribution in [0.4, 0.5) is 0 Å². The van der Waals surface area contributed by atoms with Crippen molar-refractivity contribution >= 4 is 0 Å². The van der Waals surface area contributed by atoms with Gasteiger partial charge >= 0.3 is 31.1 Å². The molecule has 0 N–H and O–H groups in total. The zero-order chi connectivity index (χ0) is 4.12. The van der Waals surface area contributed by atoms with E-state index >= 15 is 0 Å². The molecule has 0 spiro atoms. The molecule has 0 aromatic heterocycles. The van der Waals surface area contributed by atoms with Gasteiger partial charge in [-0.25, -0.2) is 0 Å². The molecule has 0 saturated carbocycles. The normalized spacial score (nSPS) is 6.17. The topological polar surface area (TPSA) is 0 Å². The van der Waals surface area contributed by atoms with Crippen LogP contribution >= 0.6 is 0 Å². The van der Waals surface area contributed by atoms with Gasteiger partial charge in [0, 0.05) is 0 Å². The molecule has 0 saturated heterocycles. The molecule has 0 heterocycles. The fourth-order valence-corrected chi connectivity index (χ4v) is 0.118. The van der Waals surface area contributed by atoms with Gasteiger partial charge in [0.05, 0.1) is 0 Å². The molecule has 6 heavy (non-hydrogen) atoms. The summed E-state index contributed by atoms with van der Waals surface area (Å²) in [5.74, 6) is 0. The molecular weight excluding hydrogens is 298 g/mol. The first-order chi connectivity index (χ1) is 2.41. The van der Waals surface area contributed by atoms with Gasteiger partial charge in [0.1, 0.15) is 0 Å². The molecule has 0 aliphatic carbocycles. The van der Waals surface area contributed by atoms with Gasteiger partial charge in [-0.2, -0.15) is 6.42 Å². The maximum atomic E-state index is 4.97. The van der Waals surface area contributed by atoms with Crippen LogP contribution in [0.15, 0.2) is 6.08 Å². The molecule has 0 atom stereocenters. The van der Waals surface area contributed by atoms with Crippen LogP contribution in [0.1, 0.15) is 12.8 Å². The van der Waals surface area contributed by atoms with Crippen molar-refractivity contribution in [2.75, 3.05) is 0 Å². The number of rotatable bonds is 2. The van der Waals surface area contributed by atoms with Crippen molar-refractivity contribution in [3.8, 4) is 0 Å². The number of unbranched alkanes of at least 4 members (excludes halogenated alkanes) is 1. The minimum atomic E-state index is 0. The van der Waals surface area contributed by atoms with Crippen molar-refractivity contribution in [3.63, 3.8) is 0 Å². The Labute approximate surface area is 63.4 Å². The molecular formula is C5H8U. The Hall–Kier alpha value is 0.792. The number of hydrogen-bond donors (Lipinski definition) is 0. The molecule has 0 bridgehead atoms. The Morgan fingerprint density at radius 1 is 1.67 bits per heavy atom. The van der Waals surface area contributed by atoms with Gasteiger partial charge in [-0.05, 0) is 0 Å². The summed E-state index contributed by atoms with van der Waals surface area (Å²) in [6.45, 7) is 8.54. The van der Waals surface area contributed by atoms with Crippen LogP contribution in [0.3, 0.4) is 0 Å². The molecule has 0 nitrogen and oxygen atoms in total. The number of hydrogen-bond acceptors (Lipinski definition) is 0. The molecule has 0 aromatic carbocycles. The van der Waals surface area contributed by atoms with Crippen LogP contribution in [0.5, 0.6) is 0 Å². The first-order valence-electron chi connectivity index (χ1n) is 1.74. The SMILES string of the molecule is [CH-]=CCC[CH2-].[U+2]. The van der Waals surface area contributed by atoms with Crippen molar-refractivity contribution in [2.24, 2.45) is 0 Å². The average molecular weight is 306 g/mol. The summed E-state index contributed by atoms with van der Waals surface area (Å²) in [6.07, 6.45) is 3.46. The minimum absolute atomic E-state index is 0. The van der Waals surface area contributed by atoms with Crippen molar-refractivity contribution in [1.29, 1.82) is 0 Å². The second-order valence-corrected chi connectivity index (χ2v) is 0.878. The van der Waals surface area contributed by atoms with Gasteiger partial charge in [-0.15, -0.1) is 0 Å². The van der Waals surface area contributed by atoms with E-state index in [1.807, 2.05) is 0 Å². The van der Waals surface area contributed by atoms with Crippen molar-refractivity contribution in [2.45, 2.75) is 12.8 Å². The third-order valence-electron chi connectivity index (χ3n) is 0.371. The van der Waals surface area contributed by atoms with Crippen LogP contribution < -0.4 is 0 Å². The molecule has 0 rings (SSSR count). The van der Waals surface area contributed by atoms with Gasteiger partial charge in [-0.1, -0.05) is 6.42 Å². The van der Waals surface area contributed by atoms with Crippen LogP contribution in [0, 0.1) is 44.6 Å². The summed E-state index contributed by atoms with van der Waals surface area (Å²) in [7, 11) is 0. The van der Waals surface area contributed by atoms with Gasteiger partial charge in [0.25, 0.3) is 0 Å². The van der Waals surface area contributed by atoms with Crippen molar-refractivity contribution < 1.29 is 31.1 Å². The molecule has 0 aliphatic heterocycles. The summed E-state index contributed by atoms with van der Waals surface area (Å²) in [5, 5.41) is 0. The second kappa shape index (κ2) is 9.25. The third-order valence-corrected chi connectivity index (χ3v) is 0.371. The maximum absolute atomic E-state index is 4.97. The van der Waals surface area contributed by atoms with Crippen LogP contribution in [-0.2, 0) is 0 Å². The van der Waals surface area contributed by atoms with E-state index < -0.39 is 0 Å². The Balaban J connectivity index is 0. The summed E-state index contributed by atoms with van der Waals surface area (Å²) >= 11 is 0. The molecule has 1 heteroatoms. The Morgan fingerprint density at radius 2 is 2.17 bits per heavy atom. The first kappa shape index (κ1) is 9.92.